The monoisotopic (exact) mass is 258 g/mol. The summed E-state index contributed by atoms with van der Waals surface area (Å²) in [6.45, 7) is 2.15. The summed E-state index contributed by atoms with van der Waals surface area (Å²) in [5.74, 6) is 1.40. The van der Waals surface area contributed by atoms with E-state index < -0.39 is 0 Å². The molecular formula is C14H18N4O. The zero-order chi connectivity index (χ0) is 13.2. The molecule has 0 amide bonds. The van der Waals surface area contributed by atoms with E-state index in [9.17, 15) is 5.11 Å². The van der Waals surface area contributed by atoms with Crippen LogP contribution in [0, 0.1) is 5.92 Å². The maximum absolute atomic E-state index is 9.19. The average molecular weight is 258 g/mol. The molecule has 3 N–H and O–H groups in total. The molecule has 19 heavy (non-hydrogen) atoms. The third kappa shape index (κ3) is 2.33. The van der Waals surface area contributed by atoms with Crippen molar-refractivity contribution >= 4 is 22.4 Å². The molecule has 1 fully saturated rings. The second-order valence-electron chi connectivity index (χ2n) is 5.09. The summed E-state index contributed by atoms with van der Waals surface area (Å²) < 4.78 is 0. The highest BCUT2D eigenvalue weighted by Crippen LogP contribution is 2.28. The molecule has 2 heterocycles. The largest absolute Gasteiger partial charge is 0.399 e. The van der Waals surface area contributed by atoms with Crippen molar-refractivity contribution in [2.75, 3.05) is 30.3 Å². The number of aliphatic hydroxyl groups is 1. The first-order chi connectivity index (χ1) is 9.28. The Kier molecular flexibility index (Phi) is 3.21. The Labute approximate surface area is 112 Å². The lowest BCUT2D eigenvalue weighted by Gasteiger charge is -2.32. The fourth-order valence-electron chi connectivity index (χ4n) is 2.64. The van der Waals surface area contributed by atoms with Gasteiger partial charge in [-0.15, -0.1) is 0 Å². The van der Waals surface area contributed by atoms with Crippen molar-refractivity contribution in [1.82, 2.24) is 9.97 Å². The highest BCUT2D eigenvalue weighted by Gasteiger charge is 2.20. The predicted octanol–water partition coefficient (Wildman–Crippen LogP) is 1.42. The fourth-order valence-corrected chi connectivity index (χ4v) is 2.64. The number of rotatable bonds is 2. The summed E-state index contributed by atoms with van der Waals surface area (Å²) in [4.78, 5) is 11.0. The van der Waals surface area contributed by atoms with Crippen LogP contribution in [-0.2, 0) is 0 Å². The minimum atomic E-state index is 0.287. The molecule has 5 nitrogen and oxygen atoms in total. The van der Waals surface area contributed by atoms with E-state index in [1.54, 1.807) is 6.33 Å². The molecule has 0 unspecified atom stereocenters. The number of hydrogen-bond donors (Lipinski definition) is 2. The molecule has 1 saturated heterocycles. The summed E-state index contributed by atoms with van der Waals surface area (Å²) in [5.41, 5.74) is 7.39. The van der Waals surface area contributed by atoms with Crippen LogP contribution in [0.3, 0.4) is 0 Å². The van der Waals surface area contributed by atoms with Gasteiger partial charge in [-0.05, 0) is 37.0 Å². The smallest absolute Gasteiger partial charge is 0.139 e. The molecule has 3 rings (SSSR count). The minimum Gasteiger partial charge on any atom is -0.399 e. The number of hydrogen-bond acceptors (Lipinski definition) is 5. The highest BCUT2D eigenvalue weighted by molar-refractivity contribution is 5.91. The molecule has 1 aliphatic heterocycles. The number of aliphatic hydroxyl groups excluding tert-OH is 1. The van der Waals surface area contributed by atoms with Crippen LogP contribution in [0.4, 0.5) is 11.5 Å². The van der Waals surface area contributed by atoms with E-state index in [2.05, 4.69) is 14.9 Å². The van der Waals surface area contributed by atoms with Crippen LogP contribution in [0.25, 0.3) is 10.9 Å². The van der Waals surface area contributed by atoms with E-state index >= 15 is 0 Å². The first kappa shape index (κ1) is 12.2. The van der Waals surface area contributed by atoms with Gasteiger partial charge in [-0.3, -0.25) is 0 Å². The van der Waals surface area contributed by atoms with Crippen LogP contribution in [0.1, 0.15) is 12.8 Å². The Hall–Kier alpha value is -1.88. The van der Waals surface area contributed by atoms with Gasteiger partial charge in [0.1, 0.15) is 12.1 Å². The molecule has 5 heteroatoms. The van der Waals surface area contributed by atoms with E-state index in [-0.39, 0.29) is 6.61 Å². The van der Waals surface area contributed by atoms with Crippen molar-refractivity contribution in [3.63, 3.8) is 0 Å². The minimum absolute atomic E-state index is 0.287. The molecule has 0 bridgehead atoms. The molecule has 100 valence electrons. The number of aromatic nitrogens is 2. The number of piperidine rings is 1. The van der Waals surface area contributed by atoms with E-state index in [1.165, 1.54) is 0 Å². The van der Waals surface area contributed by atoms with Crippen LogP contribution < -0.4 is 10.6 Å². The highest BCUT2D eigenvalue weighted by atomic mass is 16.3. The van der Waals surface area contributed by atoms with Gasteiger partial charge in [0.15, 0.2) is 0 Å². The molecule has 0 saturated carbocycles. The zero-order valence-corrected chi connectivity index (χ0v) is 10.8. The third-order valence-corrected chi connectivity index (χ3v) is 3.81. The van der Waals surface area contributed by atoms with Gasteiger partial charge in [0, 0.05) is 30.8 Å². The Balaban J connectivity index is 1.93. The van der Waals surface area contributed by atoms with Crippen molar-refractivity contribution in [3.05, 3.63) is 24.5 Å². The molecule has 1 aliphatic rings. The van der Waals surface area contributed by atoms with Gasteiger partial charge in [0.05, 0.1) is 5.52 Å². The second kappa shape index (κ2) is 5.01. The van der Waals surface area contributed by atoms with Gasteiger partial charge in [-0.2, -0.15) is 0 Å². The molecule has 0 radical (unpaired) electrons. The van der Waals surface area contributed by atoms with Gasteiger partial charge >= 0.3 is 0 Å². The molecule has 0 atom stereocenters. The van der Waals surface area contributed by atoms with Crippen molar-refractivity contribution < 1.29 is 5.11 Å². The lowest BCUT2D eigenvalue weighted by Crippen LogP contribution is -2.35. The van der Waals surface area contributed by atoms with Crippen molar-refractivity contribution in [2.45, 2.75) is 12.8 Å². The summed E-state index contributed by atoms with van der Waals surface area (Å²) in [5, 5.41) is 10.2. The van der Waals surface area contributed by atoms with E-state index in [0.717, 1.165) is 48.3 Å². The zero-order valence-electron chi connectivity index (χ0n) is 10.8. The van der Waals surface area contributed by atoms with Crippen molar-refractivity contribution in [1.29, 1.82) is 0 Å². The Morgan fingerprint density at radius 2 is 2.05 bits per heavy atom. The summed E-state index contributed by atoms with van der Waals surface area (Å²) in [6.07, 6.45) is 3.61. The number of nitrogens with zero attached hydrogens (tertiary/aromatic N) is 3. The van der Waals surface area contributed by atoms with Crippen LogP contribution in [0.15, 0.2) is 24.5 Å². The van der Waals surface area contributed by atoms with Gasteiger partial charge in [-0.1, -0.05) is 0 Å². The molecule has 1 aromatic heterocycles. The van der Waals surface area contributed by atoms with E-state index in [0.29, 0.717) is 5.92 Å². The van der Waals surface area contributed by atoms with Gasteiger partial charge < -0.3 is 15.7 Å². The maximum Gasteiger partial charge on any atom is 0.139 e. The average Bonchev–Trinajstić information content (AvgIpc) is 2.46. The fraction of sp³-hybridized carbons (Fsp3) is 0.429. The third-order valence-electron chi connectivity index (χ3n) is 3.81. The van der Waals surface area contributed by atoms with E-state index in [1.807, 2.05) is 18.2 Å². The number of anilines is 2. The number of fused-ring (bicyclic) bond motifs is 1. The first-order valence-electron chi connectivity index (χ1n) is 6.64. The molecule has 0 spiro atoms. The maximum atomic E-state index is 9.19. The topological polar surface area (TPSA) is 75.3 Å². The van der Waals surface area contributed by atoms with Crippen molar-refractivity contribution in [2.24, 2.45) is 5.92 Å². The Bertz CT molecular complexity index is 579. The van der Waals surface area contributed by atoms with Gasteiger partial charge in [-0.25, -0.2) is 9.97 Å². The SMILES string of the molecule is Nc1ccc2c(N3CCC(CO)CC3)ncnc2c1. The quantitative estimate of drug-likeness (QED) is 0.797. The normalized spacial score (nSPS) is 17.0. The van der Waals surface area contributed by atoms with Crippen molar-refractivity contribution in [3.8, 4) is 0 Å². The Morgan fingerprint density at radius 3 is 2.79 bits per heavy atom. The first-order valence-corrected chi connectivity index (χ1v) is 6.64. The lowest BCUT2D eigenvalue weighted by atomic mass is 9.98. The Morgan fingerprint density at radius 1 is 1.26 bits per heavy atom. The lowest BCUT2D eigenvalue weighted by molar-refractivity contribution is 0.203. The second-order valence-corrected chi connectivity index (χ2v) is 5.09. The predicted molar refractivity (Wildman–Crippen MR) is 76.0 cm³/mol. The number of nitrogen functional groups attached to an aromatic ring is 1. The van der Waals surface area contributed by atoms with Gasteiger partial charge in [0.2, 0.25) is 0 Å². The van der Waals surface area contributed by atoms with Crippen LogP contribution in [0.2, 0.25) is 0 Å². The number of nitrogens with two attached hydrogens (primary N) is 1. The molecule has 1 aromatic carbocycles. The van der Waals surface area contributed by atoms with Crippen LogP contribution >= 0.6 is 0 Å². The summed E-state index contributed by atoms with van der Waals surface area (Å²) in [7, 11) is 0. The van der Waals surface area contributed by atoms with Crippen LogP contribution in [0.5, 0.6) is 0 Å². The summed E-state index contributed by atoms with van der Waals surface area (Å²) in [6, 6.07) is 5.74. The molecule has 2 aromatic rings. The molecule has 0 aliphatic carbocycles. The summed E-state index contributed by atoms with van der Waals surface area (Å²) >= 11 is 0. The van der Waals surface area contributed by atoms with Gasteiger partial charge in [0.25, 0.3) is 0 Å². The van der Waals surface area contributed by atoms with Crippen LogP contribution in [-0.4, -0.2) is 34.8 Å². The van der Waals surface area contributed by atoms with E-state index in [4.69, 9.17) is 5.73 Å². The number of benzene rings is 1. The molecular weight excluding hydrogens is 240 g/mol. The standard InChI is InChI=1S/C14H18N4O/c15-11-1-2-12-13(7-11)16-9-17-14(12)18-5-3-10(8-19)4-6-18/h1-2,7,9-10,19H,3-6,8,15H2.